The van der Waals surface area contributed by atoms with E-state index in [1.807, 2.05) is 25.3 Å². The predicted molar refractivity (Wildman–Crippen MR) is 219 cm³/mol. The molecular weight excluding hydrogens is 647 g/mol. The molecule has 3 nitrogen and oxygen atoms in total. The van der Waals surface area contributed by atoms with E-state index in [2.05, 4.69) is 165 Å². The third-order valence-electron chi connectivity index (χ3n) is 10.9. The lowest BCUT2D eigenvalue weighted by Crippen LogP contribution is -2.32. The largest absolute Gasteiger partial charge is 0.457 e. The summed E-state index contributed by atoms with van der Waals surface area (Å²) in [4.78, 5) is 5.14. The molecule has 0 fully saturated rings. The van der Waals surface area contributed by atoms with Gasteiger partial charge in [0.1, 0.15) is 22.7 Å². The molecule has 1 aliphatic carbocycles. The fraction of sp³-hybridized carbons (Fsp3) is 0.0600. The molecule has 0 bridgehead atoms. The zero-order chi connectivity index (χ0) is 35.5. The Labute approximate surface area is 308 Å². The molecule has 0 saturated carbocycles. The molecule has 1 aliphatic heterocycles. The van der Waals surface area contributed by atoms with Gasteiger partial charge < -0.3 is 9.15 Å². The van der Waals surface area contributed by atoms with Crippen molar-refractivity contribution in [2.45, 2.75) is 19.3 Å². The van der Waals surface area contributed by atoms with Gasteiger partial charge in [0.15, 0.2) is 0 Å². The molecule has 3 heteroatoms. The molecule has 0 unspecified atom stereocenters. The van der Waals surface area contributed by atoms with E-state index in [1.54, 1.807) is 0 Å². The Morgan fingerprint density at radius 3 is 1.92 bits per heavy atom. The van der Waals surface area contributed by atoms with Gasteiger partial charge in [-0.2, -0.15) is 0 Å². The number of fused-ring (bicyclic) bond motifs is 12. The number of rotatable bonds is 5. The van der Waals surface area contributed by atoms with Crippen molar-refractivity contribution in [2.75, 3.05) is 0 Å². The summed E-state index contributed by atoms with van der Waals surface area (Å²) < 4.78 is 13.0. The molecule has 252 valence electrons. The molecule has 8 aromatic rings. The Kier molecular flexibility index (Phi) is 7.16. The van der Waals surface area contributed by atoms with Crippen LogP contribution in [0.1, 0.15) is 52.8 Å². The third-order valence-corrected chi connectivity index (χ3v) is 10.9. The average molecular weight is 682 g/mol. The first-order valence-corrected chi connectivity index (χ1v) is 18.1. The number of hydrogen-bond acceptors (Lipinski definition) is 3. The summed E-state index contributed by atoms with van der Waals surface area (Å²) in [5.41, 5.74) is 14.7. The van der Waals surface area contributed by atoms with Gasteiger partial charge in [-0.15, -0.1) is 0 Å². The van der Waals surface area contributed by atoms with E-state index in [1.165, 1.54) is 22.3 Å². The van der Waals surface area contributed by atoms with Crippen LogP contribution in [0.4, 0.5) is 0 Å². The first-order chi connectivity index (χ1) is 26.1. The van der Waals surface area contributed by atoms with Crippen LogP contribution in [0.3, 0.4) is 0 Å². The number of benzene rings is 7. The van der Waals surface area contributed by atoms with E-state index in [0.717, 1.165) is 78.1 Å². The zero-order valence-corrected chi connectivity index (χ0v) is 29.5. The van der Waals surface area contributed by atoms with E-state index in [4.69, 9.17) is 14.1 Å². The van der Waals surface area contributed by atoms with Gasteiger partial charge in [-0.05, 0) is 101 Å². The SMILES string of the molecule is C/C=N/C(=C(\C=C(/C)c1ccc2c(c1)oc1ccccc12)c1ccccc1)c1ccc2c(c1)C1(c3ccccc3O2)c2ccccc2-c2ccccc21. The molecule has 1 aromatic heterocycles. The van der Waals surface area contributed by atoms with Crippen LogP contribution in [0, 0.1) is 0 Å². The van der Waals surface area contributed by atoms with Crippen LogP contribution in [0.2, 0.25) is 0 Å². The van der Waals surface area contributed by atoms with Crippen molar-refractivity contribution in [1.29, 1.82) is 0 Å². The van der Waals surface area contributed by atoms with Crippen molar-refractivity contribution in [3.8, 4) is 22.6 Å². The number of furan rings is 1. The minimum absolute atomic E-state index is 0.560. The Hall–Kier alpha value is -6.71. The molecule has 0 radical (unpaired) electrons. The molecule has 0 saturated heterocycles. The summed E-state index contributed by atoms with van der Waals surface area (Å²) >= 11 is 0. The maximum atomic E-state index is 6.74. The Balaban J connectivity index is 1.21. The van der Waals surface area contributed by atoms with E-state index in [0.29, 0.717) is 0 Å². The monoisotopic (exact) mass is 681 g/mol. The number of nitrogens with zero attached hydrogens (tertiary/aromatic N) is 1. The smallest absolute Gasteiger partial charge is 0.136 e. The molecule has 2 aliphatic rings. The number of hydrogen-bond donors (Lipinski definition) is 0. The molecule has 2 heterocycles. The van der Waals surface area contributed by atoms with Gasteiger partial charge in [0.25, 0.3) is 0 Å². The van der Waals surface area contributed by atoms with Crippen molar-refractivity contribution in [3.05, 3.63) is 209 Å². The van der Waals surface area contributed by atoms with Crippen LogP contribution in [-0.2, 0) is 5.41 Å². The number of allylic oxidation sites excluding steroid dienone is 3. The van der Waals surface area contributed by atoms with E-state index < -0.39 is 5.41 Å². The first kappa shape index (κ1) is 31.1. The van der Waals surface area contributed by atoms with Gasteiger partial charge in [0.05, 0.1) is 11.1 Å². The molecule has 10 rings (SSSR count). The van der Waals surface area contributed by atoms with Gasteiger partial charge in [-0.3, -0.25) is 4.99 Å². The Morgan fingerprint density at radius 2 is 1.15 bits per heavy atom. The topological polar surface area (TPSA) is 34.7 Å². The van der Waals surface area contributed by atoms with Crippen LogP contribution in [0.15, 0.2) is 179 Å². The van der Waals surface area contributed by atoms with Crippen molar-refractivity contribution >= 4 is 45.0 Å². The van der Waals surface area contributed by atoms with Crippen LogP contribution in [0.5, 0.6) is 11.5 Å². The zero-order valence-electron chi connectivity index (χ0n) is 29.5. The summed E-state index contributed by atoms with van der Waals surface area (Å²) in [5.74, 6) is 1.73. The van der Waals surface area contributed by atoms with Crippen LogP contribution in [0.25, 0.3) is 49.9 Å². The molecule has 7 aromatic carbocycles. The molecule has 53 heavy (non-hydrogen) atoms. The Morgan fingerprint density at radius 1 is 0.528 bits per heavy atom. The van der Waals surface area contributed by atoms with Crippen molar-refractivity contribution < 1.29 is 9.15 Å². The lowest BCUT2D eigenvalue weighted by atomic mass is 9.66. The van der Waals surface area contributed by atoms with E-state index in [9.17, 15) is 0 Å². The van der Waals surface area contributed by atoms with Gasteiger partial charge in [-0.25, -0.2) is 0 Å². The highest BCUT2D eigenvalue weighted by Crippen LogP contribution is 2.62. The third kappa shape index (κ3) is 4.71. The molecule has 1 spiro atoms. The number of ether oxygens (including phenoxy) is 1. The lowest BCUT2D eigenvalue weighted by molar-refractivity contribution is 0.436. The highest BCUT2D eigenvalue weighted by atomic mass is 16.5. The van der Waals surface area contributed by atoms with Gasteiger partial charge in [0.2, 0.25) is 0 Å². The summed E-state index contributed by atoms with van der Waals surface area (Å²) in [6, 6.07) is 58.1. The van der Waals surface area contributed by atoms with Crippen molar-refractivity contribution in [2.24, 2.45) is 4.99 Å². The standard InChI is InChI=1S/C50H35NO2/c1-3-51-49(40(33-15-5-4-6-16-33)29-32(2)34-25-27-39-38-19-9-13-23-45(38)52-48(39)31-34)35-26-28-47-44(30-35)50(43-22-12-14-24-46(43)53-47)41-20-10-7-17-36(41)37-18-8-11-21-42(37)50/h3-31H,1-2H3/b32-29+,49-40+,51-3+. The predicted octanol–water partition coefficient (Wildman–Crippen LogP) is 13.1. The highest BCUT2D eigenvalue weighted by Gasteiger charge is 2.51. The van der Waals surface area contributed by atoms with Crippen LogP contribution >= 0.6 is 0 Å². The van der Waals surface area contributed by atoms with Crippen LogP contribution in [-0.4, -0.2) is 6.21 Å². The van der Waals surface area contributed by atoms with Crippen molar-refractivity contribution in [3.63, 3.8) is 0 Å². The number of aliphatic imine (C=N–C) groups is 1. The van der Waals surface area contributed by atoms with Crippen LogP contribution < -0.4 is 4.74 Å². The number of para-hydroxylation sites is 2. The average Bonchev–Trinajstić information content (AvgIpc) is 3.73. The molecular formula is C50H35NO2. The summed E-state index contributed by atoms with van der Waals surface area (Å²) in [5, 5.41) is 2.25. The second-order valence-corrected chi connectivity index (χ2v) is 13.8. The summed E-state index contributed by atoms with van der Waals surface area (Å²) in [6.07, 6.45) is 4.16. The highest BCUT2D eigenvalue weighted by molar-refractivity contribution is 6.06. The minimum atomic E-state index is -0.560. The quantitative estimate of drug-likeness (QED) is 0.103. The maximum Gasteiger partial charge on any atom is 0.136 e. The molecule has 0 N–H and O–H groups in total. The molecule has 0 amide bonds. The lowest BCUT2D eigenvalue weighted by Gasteiger charge is -2.39. The normalized spacial score (nSPS) is 14.5. The fourth-order valence-electron chi connectivity index (χ4n) is 8.61. The molecule has 0 atom stereocenters. The fourth-order valence-corrected chi connectivity index (χ4v) is 8.61. The van der Waals surface area contributed by atoms with Gasteiger partial charge in [-0.1, -0.05) is 121 Å². The van der Waals surface area contributed by atoms with Gasteiger partial charge >= 0.3 is 0 Å². The minimum Gasteiger partial charge on any atom is -0.457 e. The van der Waals surface area contributed by atoms with Crippen molar-refractivity contribution in [1.82, 2.24) is 0 Å². The van der Waals surface area contributed by atoms with E-state index in [-0.39, 0.29) is 0 Å². The van der Waals surface area contributed by atoms with Gasteiger partial charge in [0, 0.05) is 39.3 Å². The summed E-state index contributed by atoms with van der Waals surface area (Å²) in [7, 11) is 0. The van der Waals surface area contributed by atoms with E-state index >= 15 is 0 Å². The Bertz CT molecular complexity index is 2790. The second kappa shape index (κ2) is 12.2. The maximum absolute atomic E-state index is 6.74. The summed E-state index contributed by atoms with van der Waals surface area (Å²) in [6.45, 7) is 4.15. The second-order valence-electron chi connectivity index (χ2n) is 13.8. The first-order valence-electron chi connectivity index (χ1n) is 18.1.